The van der Waals surface area contributed by atoms with E-state index in [0.29, 0.717) is 24.5 Å². The van der Waals surface area contributed by atoms with Gasteiger partial charge in [0, 0.05) is 29.4 Å². The molecule has 8 nitrogen and oxygen atoms in total. The summed E-state index contributed by atoms with van der Waals surface area (Å²) < 4.78 is 9.63. The molecule has 0 aliphatic heterocycles. The first-order valence-corrected chi connectivity index (χ1v) is 8.86. The van der Waals surface area contributed by atoms with Crippen LogP contribution in [0, 0.1) is 11.3 Å². The fraction of sp³-hybridized carbons (Fsp3) is 0.150. The van der Waals surface area contributed by atoms with Crippen molar-refractivity contribution in [2.24, 2.45) is 0 Å². The van der Waals surface area contributed by atoms with E-state index in [4.69, 9.17) is 9.68 Å². The van der Waals surface area contributed by atoms with Crippen LogP contribution in [0.15, 0.2) is 53.5 Å². The smallest absolute Gasteiger partial charge is 0.151 e. The van der Waals surface area contributed by atoms with Crippen molar-refractivity contribution in [1.82, 2.24) is 24.3 Å². The quantitative estimate of drug-likeness (QED) is 0.492. The van der Waals surface area contributed by atoms with Crippen LogP contribution in [0.3, 0.4) is 0 Å². The Morgan fingerprint density at radius 3 is 3.00 bits per heavy atom. The maximum absolute atomic E-state index is 9.37. The SMILES string of the molecule is N#CCCn1cc(-n2c(-c3ccc(CO)o3)cc3cnc4[nH]ccc4c32)cn1. The molecule has 0 radical (unpaired) electrons. The molecular formula is C20H16N6O2. The molecule has 28 heavy (non-hydrogen) atoms. The van der Waals surface area contributed by atoms with Gasteiger partial charge >= 0.3 is 0 Å². The summed E-state index contributed by atoms with van der Waals surface area (Å²) in [5.41, 5.74) is 3.48. The molecule has 5 aromatic rings. The maximum Gasteiger partial charge on any atom is 0.151 e. The van der Waals surface area contributed by atoms with E-state index < -0.39 is 0 Å². The molecule has 0 saturated heterocycles. The molecule has 0 saturated carbocycles. The molecule has 0 unspecified atom stereocenters. The van der Waals surface area contributed by atoms with Gasteiger partial charge in [0.25, 0.3) is 0 Å². The van der Waals surface area contributed by atoms with E-state index in [1.165, 1.54) is 0 Å². The van der Waals surface area contributed by atoms with Gasteiger partial charge in [-0.05, 0) is 24.3 Å². The number of aliphatic hydroxyl groups excluding tert-OH is 1. The van der Waals surface area contributed by atoms with Crippen molar-refractivity contribution in [2.45, 2.75) is 19.6 Å². The number of aromatic nitrogens is 5. The second kappa shape index (κ2) is 6.40. The normalized spacial score (nSPS) is 11.4. The number of nitrogens with zero attached hydrogens (tertiary/aromatic N) is 5. The number of furan rings is 1. The zero-order valence-corrected chi connectivity index (χ0v) is 14.8. The molecule has 8 heteroatoms. The standard InChI is InChI=1S/C20H16N6O2/c21-5-1-7-25-11-14(10-24-25)26-17(18-3-2-15(12-27)28-18)8-13-9-23-20-16(19(13)26)4-6-22-20/h2-4,6,8-11,27H,1,7,12H2,(H,22,23). The summed E-state index contributed by atoms with van der Waals surface area (Å²) in [5.74, 6) is 1.15. The number of fused-ring (bicyclic) bond motifs is 3. The van der Waals surface area contributed by atoms with E-state index in [-0.39, 0.29) is 6.61 Å². The molecule has 0 aliphatic carbocycles. The third kappa shape index (κ3) is 2.49. The number of aliphatic hydroxyl groups is 1. The number of hydrogen-bond acceptors (Lipinski definition) is 5. The Balaban J connectivity index is 1.78. The molecule has 5 rings (SSSR count). The first-order chi connectivity index (χ1) is 13.8. The molecule has 0 amide bonds. The van der Waals surface area contributed by atoms with Crippen LogP contribution >= 0.6 is 0 Å². The molecule has 0 aromatic carbocycles. The number of aromatic amines is 1. The largest absolute Gasteiger partial charge is 0.457 e. The van der Waals surface area contributed by atoms with E-state index in [2.05, 4.69) is 25.7 Å². The van der Waals surface area contributed by atoms with Crippen molar-refractivity contribution < 1.29 is 9.52 Å². The molecule has 2 N–H and O–H groups in total. The number of H-pyrrole nitrogens is 1. The second-order valence-corrected chi connectivity index (χ2v) is 6.46. The van der Waals surface area contributed by atoms with Gasteiger partial charge in [-0.25, -0.2) is 4.98 Å². The molecule has 0 atom stereocenters. The lowest BCUT2D eigenvalue weighted by atomic mass is 10.2. The van der Waals surface area contributed by atoms with Crippen LogP contribution in [-0.2, 0) is 13.2 Å². The number of hydrogen-bond donors (Lipinski definition) is 2. The van der Waals surface area contributed by atoms with Gasteiger partial charge in [-0.15, -0.1) is 0 Å². The van der Waals surface area contributed by atoms with Crippen LogP contribution in [0.25, 0.3) is 39.1 Å². The third-order valence-corrected chi connectivity index (χ3v) is 4.74. The van der Waals surface area contributed by atoms with Crippen LogP contribution in [0.5, 0.6) is 0 Å². The Bertz CT molecular complexity index is 1330. The fourth-order valence-electron chi connectivity index (χ4n) is 3.50. The van der Waals surface area contributed by atoms with Crippen molar-refractivity contribution in [3.63, 3.8) is 0 Å². The Morgan fingerprint density at radius 2 is 2.18 bits per heavy atom. The van der Waals surface area contributed by atoms with Crippen molar-refractivity contribution in [1.29, 1.82) is 5.26 Å². The third-order valence-electron chi connectivity index (χ3n) is 4.74. The zero-order chi connectivity index (χ0) is 19.1. The Labute approximate surface area is 159 Å². The average molecular weight is 372 g/mol. The molecular weight excluding hydrogens is 356 g/mol. The second-order valence-electron chi connectivity index (χ2n) is 6.46. The van der Waals surface area contributed by atoms with Crippen LogP contribution in [0.2, 0.25) is 0 Å². The average Bonchev–Trinajstić information content (AvgIpc) is 3.49. The van der Waals surface area contributed by atoms with Gasteiger partial charge in [0.15, 0.2) is 5.76 Å². The van der Waals surface area contributed by atoms with Crippen LogP contribution in [-0.4, -0.2) is 29.4 Å². The maximum atomic E-state index is 9.37. The van der Waals surface area contributed by atoms with E-state index in [1.807, 2.05) is 36.8 Å². The summed E-state index contributed by atoms with van der Waals surface area (Å²) in [6.07, 6.45) is 7.76. The molecule has 5 aromatic heterocycles. The number of nitriles is 1. The highest BCUT2D eigenvalue weighted by Gasteiger charge is 2.19. The van der Waals surface area contributed by atoms with Gasteiger partial charge < -0.3 is 19.1 Å². The van der Waals surface area contributed by atoms with Gasteiger partial charge in [0.05, 0.1) is 42.1 Å². The lowest BCUT2D eigenvalue weighted by Crippen LogP contribution is -1.98. The Hall–Kier alpha value is -3.83. The van der Waals surface area contributed by atoms with Gasteiger partial charge in [0.1, 0.15) is 18.0 Å². The van der Waals surface area contributed by atoms with Gasteiger partial charge in [0.2, 0.25) is 0 Å². The minimum Gasteiger partial charge on any atom is -0.457 e. The van der Waals surface area contributed by atoms with Crippen molar-refractivity contribution >= 4 is 21.9 Å². The van der Waals surface area contributed by atoms with Gasteiger partial charge in [-0.1, -0.05) is 0 Å². The van der Waals surface area contributed by atoms with Crippen molar-refractivity contribution in [3.8, 4) is 23.2 Å². The van der Waals surface area contributed by atoms with Crippen molar-refractivity contribution in [2.75, 3.05) is 0 Å². The summed E-state index contributed by atoms with van der Waals surface area (Å²) in [6, 6.07) is 9.75. The summed E-state index contributed by atoms with van der Waals surface area (Å²) in [5, 5.41) is 24.5. The monoisotopic (exact) mass is 372 g/mol. The summed E-state index contributed by atoms with van der Waals surface area (Å²) >= 11 is 0. The van der Waals surface area contributed by atoms with E-state index in [1.54, 1.807) is 16.9 Å². The summed E-state index contributed by atoms with van der Waals surface area (Å²) in [6.45, 7) is 0.373. The van der Waals surface area contributed by atoms with E-state index in [9.17, 15) is 5.11 Å². The molecule has 138 valence electrons. The van der Waals surface area contributed by atoms with Gasteiger partial charge in [-0.2, -0.15) is 10.4 Å². The Morgan fingerprint density at radius 1 is 1.25 bits per heavy atom. The minimum absolute atomic E-state index is 0.157. The molecule has 0 spiro atoms. The number of aryl methyl sites for hydroxylation is 1. The van der Waals surface area contributed by atoms with E-state index in [0.717, 1.165) is 33.3 Å². The molecule has 0 aliphatic rings. The highest BCUT2D eigenvalue weighted by atomic mass is 16.4. The minimum atomic E-state index is -0.157. The summed E-state index contributed by atoms with van der Waals surface area (Å²) in [7, 11) is 0. The lowest BCUT2D eigenvalue weighted by Gasteiger charge is -2.07. The fourth-order valence-corrected chi connectivity index (χ4v) is 3.50. The molecule has 0 bridgehead atoms. The van der Waals surface area contributed by atoms with Crippen LogP contribution < -0.4 is 0 Å². The molecule has 5 heterocycles. The van der Waals surface area contributed by atoms with Gasteiger partial charge in [-0.3, -0.25) is 4.68 Å². The first kappa shape index (κ1) is 16.4. The highest BCUT2D eigenvalue weighted by molar-refractivity contribution is 6.05. The number of rotatable bonds is 5. The highest BCUT2D eigenvalue weighted by Crippen LogP contribution is 2.35. The Kier molecular flexibility index (Phi) is 3.74. The lowest BCUT2D eigenvalue weighted by molar-refractivity contribution is 0.248. The summed E-state index contributed by atoms with van der Waals surface area (Å²) in [4.78, 5) is 7.63. The van der Waals surface area contributed by atoms with Crippen LogP contribution in [0.4, 0.5) is 0 Å². The van der Waals surface area contributed by atoms with Crippen molar-refractivity contribution in [3.05, 3.63) is 54.8 Å². The number of pyridine rings is 1. The predicted octanol–water partition coefficient (Wildman–Crippen LogP) is 3.37. The van der Waals surface area contributed by atoms with Crippen LogP contribution in [0.1, 0.15) is 12.2 Å². The predicted molar refractivity (Wildman–Crippen MR) is 103 cm³/mol. The zero-order valence-electron chi connectivity index (χ0n) is 14.8. The molecule has 0 fully saturated rings. The van der Waals surface area contributed by atoms with E-state index >= 15 is 0 Å². The first-order valence-electron chi connectivity index (χ1n) is 8.86. The number of nitrogens with one attached hydrogen (secondary N) is 1. The topological polar surface area (TPSA) is 109 Å².